The topological polar surface area (TPSA) is 46.6 Å². The molecule has 112 valence electrons. The second kappa shape index (κ2) is 5.79. The lowest BCUT2D eigenvalue weighted by molar-refractivity contribution is 0.0183. The van der Waals surface area contributed by atoms with Crippen LogP contribution in [0.2, 0.25) is 0 Å². The van der Waals surface area contributed by atoms with Crippen LogP contribution in [0.1, 0.15) is 18.4 Å². The first-order valence-electron chi connectivity index (χ1n) is 6.64. The first-order chi connectivity index (χ1) is 9.31. The highest BCUT2D eigenvalue weighted by Gasteiger charge is 2.36. The van der Waals surface area contributed by atoms with Crippen LogP contribution in [0, 0.1) is 6.92 Å². The summed E-state index contributed by atoms with van der Waals surface area (Å²) in [5.74, 6) is 0. The van der Waals surface area contributed by atoms with Gasteiger partial charge < -0.3 is 4.90 Å². The maximum Gasteiger partial charge on any atom is 0.297 e. The SMILES string of the molecule is Cc1ccc(S(=O)(=O)OC[C@]2(F)CCCN(C)C2)cc1. The summed E-state index contributed by atoms with van der Waals surface area (Å²) < 4.78 is 43.4. The molecular weight excluding hydrogens is 281 g/mol. The number of benzene rings is 1. The largest absolute Gasteiger partial charge is 0.303 e. The molecule has 0 spiro atoms. The lowest BCUT2D eigenvalue weighted by Gasteiger charge is -2.34. The minimum Gasteiger partial charge on any atom is -0.303 e. The molecule has 0 aliphatic carbocycles. The van der Waals surface area contributed by atoms with Crippen molar-refractivity contribution in [3.05, 3.63) is 29.8 Å². The standard InChI is InChI=1S/C14H20FNO3S/c1-12-4-6-13(7-5-12)20(17,18)19-11-14(15)8-3-9-16(2)10-14/h4-7H,3,8-11H2,1-2H3/t14-/m0/s1. The Morgan fingerprint density at radius 1 is 1.35 bits per heavy atom. The van der Waals surface area contributed by atoms with E-state index in [0.717, 1.165) is 12.1 Å². The van der Waals surface area contributed by atoms with Crippen LogP contribution < -0.4 is 0 Å². The Morgan fingerprint density at radius 3 is 2.60 bits per heavy atom. The summed E-state index contributed by atoms with van der Waals surface area (Å²) in [7, 11) is -2.07. The highest BCUT2D eigenvalue weighted by atomic mass is 32.2. The van der Waals surface area contributed by atoms with Gasteiger partial charge in [0.25, 0.3) is 10.1 Å². The van der Waals surface area contributed by atoms with Crippen molar-refractivity contribution >= 4 is 10.1 Å². The zero-order valence-electron chi connectivity index (χ0n) is 11.8. The molecule has 1 aliphatic rings. The van der Waals surface area contributed by atoms with E-state index in [1.165, 1.54) is 12.1 Å². The fourth-order valence-electron chi connectivity index (χ4n) is 2.38. The van der Waals surface area contributed by atoms with E-state index in [1.54, 1.807) is 12.1 Å². The van der Waals surface area contributed by atoms with Crippen molar-refractivity contribution in [2.75, 3.05) is 26.7 Å². The van der Waals surface area contributed by atoms with E-state index in [-0.39, 0.29) is 11.4 Å². The van der Waals surface area contributed by atoms with E-state index in [2.05, 4.69) is 0 Å². The molecule has 0 bridgehead atoms. The molecule has 1 aromatic carbocycles. The highest BCUT2D eigenvalue weighted by molar-refractivity contribution is 7.86. The Kier molecular flexibility index (Phi) is 4.46. The molecule has 1 saturated heterocycles. The maximum atomic E-state index is 14.5. The number of alkyl halides is 1. The molecule has 0 saturated carbocycles. The molecule has 0 unspecified atom stereocenters. The summed E-state index contributed by atoms with van der Waals surface area (Å²) in [5, 5.41) is 0. The third-order valence-electron chi connectivity index (χ3n) is 3.50. The van der Waals surface area contributed by atoms with Crippen LogP contribution in [0.3, 0.4) is 0 Å². The molecule has 1 aliphatic heterocycles. The molecular formula is C14H20FNO3S. The van der Waals surface area contributed by atoms with Crippen LogP contribution in [0.4, 0.5) is 4.39 Å². The molecule has 1 atom stereocenters. The highest BCUT2D eigenvalue weighted by Crippen LogP contribution is 2.26. The molecule has 0 radical (unpaired) electrons. The van der Waals surface area contributed by atoms with Gasteiger partial charge in [-0.05, 0) is 45.5 Å². The zero-order valence-corrected chi connectivity index (χ0v) is 12.6. The van der Waals surface area contributed by atoms with Crippen LogP contribution in [0.25, 0.3) is 0 Å². The number of aryl methyl sites for hydroxylation is 1. The van der Waals surface area contributed by atoms with Crippen molar-refractivity contribution in [2.45, 2.75) is 30.3 Å². The van der Waals surface area contributed by atoms with E-state index in [9.17, 15) is 12.8 Å². The molecule has 4 nitrogen and oxygen atoms in total. The smallest absolute Gasteiger partial charge is 0.297 e. The van der Waals surface area contributed by atoms with Gasteiger partial charge in [-0.1, -0.05) is 17.7 Å². The number of rotatable bonds is 4. The molecule has 0 aromatic heterocycles. The van der Waals surface area contributed by atoms with Crippen molar-refractivity contribution in [1.29, 1.82) is 0 Å². The lowest BCUT2D eigenvalue weighted by atomic mass is 9.96. The van der Waals surface area contributed by atoms with Gasteiger partial charge in [0.2, 0.25) is 0 Å². The summed E-state index contributed by atoms with van der Waals surface area (Å²) in [6.07, 6.45) is 1.04. The normalized spacial score (nSPS) is 24.8. The Bertz CT molecular complexity index is 558. The van der Waals surface area contributed by atoms with Gasteiger partial charge in [-0.2, -0.15) is 8.42 Å². The minimum absolute atomic E-state index is 0.0656. The van der Waals surface area contributed by atoms with Crippen LogP contribution in [-0.2, 0) is 14.3 Å². The van der Waals surface area contributed by atoms with Gasteiger partial charge >= 0.3 is 0 Å². The van der Waals surface area contributed by atoms with Gasteiger partial charge in [0, 0.05) is 6.54 Å². The predicted molar refractivity (Wildman–Crippen MR) is 74.9 cm³/mol. The number of nitrogens with zero attached hydrogens (tertiary/aromatic N) is 1. The summed E-state index contributed by atoms with van der Waals surface area (Å²) in [6, 6.07) is 6.33. The lowest BCUT2D eigenvalue weighted by Crippen LogP contribution is -2.46. The summed E-state index contributed by atoms with van der Waals surface area (Å²) >= 11 is 0. The second-order valence-corrected chi connectivity index (χ2v) is 7.14. The summed E-state index contributed by atoms with van der Waals surface area (Å²) in [5.41, 5.74) is -0.634. The van der Waals surface area contributed by atoms with Crippen molar-refractivity contribution < 1.29 is 17.0 Å². The first kappa shape index (κ1) is 15.4. The van der Waals surface area contributed by atoms with Gasteiger partial charge in [0.1, 0.15) is 12.3 Å². The average Bonchev–Trinajstić information content (AvgIpc) is 2.37. The predicted octanol–water partition coefficient (Wildman–Crippen LogP) is 2.13. The molecule has 0 amide bonds. The van der Waals surface area contributed by atoms with E-state index in [0.29, 0.717) is 12.8 Å². The molecule has 0 N–H and O–H groups in total. The summed E-state index contributed by atoms with van der Waals surface area (Å²) in [6.45, 7) is 2.48. The van der Waals surface area contributed by atoms with Crippen molar-refractivity contribution in [3.63, 3.8) is 0 Å². The Morgan fingerprint density at radius 2 is 2.00 bits per heavy atom. The third kappa shape index (κ3) is 3.77. The average molecular weight is 301 g/mol. The van der Waals surface area contributed by atoms with E-state index < -0.39 is 22.4 Å². The van der Waals surface area contributed by atoms with Gasteiger partial charge in [0.15, 0.2) is 0 Å². The van der Waals surface area contributed by atoms with Gasteiger partial charge in [-0.25, -0.2) is 4.39 Å². The number of hydrogen-bond donors (Lipinski definition) is 0. The monoisotopic (exact) mass is 301 g/mol. The van der Waals surface area contributed by atoms with Gasteiger partial charge in [0.05, 0.1) is 4.90 Å². The van der Waals surface area contributed by atoms with E-state index in [1.807, 2.05) is 18.9 Å². The fourth-order valence-corrected chi connectivity index (χ4v) is 3.35. The maximum absolute atomic E-state index is 14.5. The Labute approximate surface area is 119 Å². The zero-order chi connectivity index (χ0) is 14.8. The van der Waals surface area contributed by atoms with Crippen molar-refractivity contribution in [2.24, 2.45) is 0 Å². The number of halogens is 1. The molecule has 2 rings (SSSR count). The summed E-state index contributed by atoms with van der Waals surface area (Å²) in [4.78, 5) is 1.92. The van der Waals surface area contributed by atoms with E-state index >= 15 is 0 Å². The second-order valence-electron chi connectivity index (χ2n) is 5.52. The van der Waals surface area contributed by atoms with Gasteiger partial charge in [-0.15, -0.1) is 0 Å². The molecule has 1 heterocycles. The fraction of sp³-hybridized carbons (Fsp3) is 0.571. The van der Waals surface area contributed by atoms with Crippen LogP contribution >= 0.6 is 0 Å². The number of likely N-dealkylation sites (tertiary alicyclic amines) is 1. The quantitative estimate of drug-likeness (QED) is 0.799. The molecule has 20 heavy (non-hydrogen) atoms. The van der Waals surface area contributed by atoms with Crippen molar-refractivity contribution in [3.8, 4) is 0 Å². The molecule has 1 fully saturated rings. The minimum atomic E-state index is -3.89. The van der Waals surface area contributed by atoms with Crippen molar-refractivity contribution in [1.82, 2.24) is 4.90 Å². The Balaban J connectivity index is 2.04. The number of piperidine rings is 1. The van der Waals surface area contributed by atoms with Crippen LogP contribution in [0.15, 0.2) is 29.2 Å². The van der Waals surface area contributed by atoms with Crippen LogP contribution in [0.5, 0.6) is 0 Å². The third-order valence-corrected chi connectivity index (χ3v) is 4.78. The van der Waals surface area contributed by atoms with Crippen LogP contribution in [-0.4, -0.2) is 45.7 Å². The molecule has 6 heteroatoms. The first-order valence-corrected chi connectivity index (χ1v) is 8.05. The van der Waals surface area contributed by atoms with Gasteiger partial charge in [-0.3, -0.25) is 4.18 Å². The Hall–Kier alpha value is -0.980. The van der Waals surface area contributed by atoms with E-state index in [4.69, 9.17) is 4.18 Å². The molecule has 1 aromatic rings. The number of hydrogen-bond acceptors (Lipinski definition) is 4.